The number of rotatable bonds is 12. The van der Waals surface area contributed by atoms with Gasteiger partial charge in [0.25, 0.3) is 0 Å². The summed E-state index contributed by atoms with van der Waals surface area (Å²) in [6.45, 7) is 46.5. The second-order valence-corrected chi connectivity index (χ2v) is 40.5. The van der Waals surface area contributed by atoms with Crippen molar-refractivity contribution in [1.82, 2.24) is 25.2 Å². The molecular weight excluding hydrogens is 1300 g/mol. The summed E-state index contributed by atoms with van der Waals surface area (Å²) in [6, 6.07) is 12.4. The number of allylic oxidation sites excluding steroid dienone is 6. The molecule has 0 radical (unpaired) electrons. The lowest BCUT2D eigenvalue weighted by molar-refractivity contribution is -0.383. The van der Waals surface area contributed by atoms with Crippen molar-refractivity contribution in [2.75, 3.05) is 18.5 Å². The Kier molecular flexibility index (Phi) is 18.6. The van der Waals surface area contributed by atoms with E-state index in [9.17, 15) is 25.4 Å². The summed E-state index contributed by atoms with van der Waals surface area (Å²) in [7, 11) is 2.03. The highest BCUT2D eigenvalue weighted by Crippen LogP contribution is 2.84. The predicted molar refractivity (Wildman–Crippen MR) is 427 cm³/mol. The minimum atomic E-state index is -0.438. The first kappa shape index (κ1) is 76.4. The summed E-state index contributed by atoms with van der Waals surface area (Å²) in [5, 5.41) is 54.1. The summed E-state index contributed by atoms with van der Waals surface area (Å²) < 4.78 is 7.28. The summed E-state index contributed by atoms with van der Waals surface area (Å²) in [5.41, 5.74) is 14.7. The smallest absolute Gasteiger partial charge is 0.300 e. The first-order chi connectivity index (χ1) is 49.2. The molecular formula is C92H133N7O6. The van der Waals surface area contributed by atoms with Gasteiger partial charge >= 0.3 is 5.69 Å². The number of nitrogens with one attached hydrogen (secondary N) is 1. The number of para-hydroxylation sites is 2. The van der Waals surface area contributed by atoms with Gasteiger partial charge in [0.1, 0.15) is 6.33 Å². The van der Waals surface area contributed by atoms with Crippen LogP contribution in [-0.2, 0) is 0 Å². The number of non-ortho nitro benzene ring substituents is 1. The normalized spacial score (nSPS) is 44.3. The van der Waals surface area contributed by atoms with Crippen LogP contribution >= 0.6 is 0 Å². The lowest BCUT2D eigenvalue weighted by Gasteiger charge is -2.73. The molecule has 16 rings (SSSR count). The summed E-state index contributed by atoms with van der Waals surface area (Å²) in [4.78, 5) is 17.9. The van der Waals surface area contributed by atoms with Gasteiger partial charge in [0, 0.05) is 36.3 Å². The van der Waals surface area contributed by atoms with Crippen LogP contribution in [0, 0.1) is 116 Å². The third-order valence-electron chi connectivity index (χ3n) is 38.4. The maximum Gasteiger partial charge on any atom is 0.300 e. The first-order valence-electron chi connectivity index (χ1n) is 41.5. The van der Waals surface area contributed by atoms with Crippen LogP contribution < -0.4 is 10.2 Å². The van der Waals surface area contributed by atoms with Crippen LogP contribution in [0.3, 0.4) is 0 Å². The molecule has 13 nitrogen and oxygen atoms in total. The number of fused-ring (bicyclic) bond motifs is 17. The van der Waals surface area contributed by atoms with Gasteiger partial charge in [0.15, 0.2) is 5.52 Å². The number of hydrogen-bond acceptors (Lipinski definition) is 11. The van der Waals surface area contributed by atoms with Crippen LogP contribution in [0.4, 0.5) is 11.4 Å². The average molecular weight is 1430 g/mol. The van der Waals surface area contributed by atoms with E-state index in [1.54, 1.807) is 22.8 Å². The van der Waals surface area contributed by atoms with Gasteiger partial charge in [-0.3, -0.25) is 15.4 Å². The molecule has 12 aliphatic rings. The lowest BCUT2D eigenvalue weighted by Crippen LogP contribution is -2.66. The van der Waals surface area contributed by atoms with E-state index in [2.05, 4.69) is 210 Å². The number of aliphatic hydroxyl groups excluding tert-OH is 3. The number of anilines is 1. The van der Waals surface area contributed by atoms with Crippen molar-refractivity contribution in [2.45, 2.75) is 316 Å². The number of aromatic nitrogens is 4. The Morgan fingerprint density at radius 3 is 1.63 bits per heavy atom. The molecule has 7 fully saturated rings. The molecule has 13 heteroatoms. The highest BCUT2D eigenvalue weighted by Gasteiger charge is 2.77. The molecule has 22 atom stereocenters. The summed E-state index contributed by atoms with van der Waals surface area (Å²) in [6.07, 6.45) is 47.9. The Morgan fingerprint density at radius 1 is 0.581 bits per heavy atom. The molecule has 4 unspecified atom stereocenters. The predicted octanol–water partition coefficient (Wildman–Crippen LogP) is 21.5. The zero-order valence-corrected chi connectivity index (χ0v) is 68.2. The molecule has 7 saturated carbocycles. The second-order valence-electron chi connectivity index (χ2n) is 40.5. The molecule has 0 aliphatic heterocycles. The van der Waals surface area contributed by atoms with Gasteiger partial charge in [-0.2, -0.15) is 0 Å². The quantitative estimate of drug-likeness (QED) is 0.0460. The standard InChI is InChI=1S/C36H54N4O4.C29H38N2O.C27H41NO/c1-23(10-9-11-24(2)39(8)28-12-13-29(40(42)43)31-30(28)37-44-38-31)27-16-19-34(5)33(27,4)20-21-35(6)32(3)17-15-26(41)22-25(32)14-18-36(34,35)7;1-25-13-11-21(32)18-20(25)10-14-29(5)27(3)15-12-24(26(27,2)16-17-28(25,29)4)31-19-30-22-8-6-7-9-23(22)31;1-8-17-28-19(2)22-11-14-25(5)24(22,4)15-16-26(6)23(3)12-10-21(29)18-20(23)9-13-27(25,26)7/h12-14,23-24,26-27,41H,9-11,15-22H2,1-8H3;6-10,12,19,21,32H,11,13-18H2,1-5H3;1,9,11,19,21,28-29H,10,12-18H2,2-7H3/t23-,24?,26?,27-,32+,33-,34-,35-,36+;21?,25-,26+,27+,28+,29-;19-,21?,23-,24+,25+,26+,27-/m100/s1. The van der Waals surface area contributed by atoms with E-state index in [4.69, 9.17) is 16.0 Å². The summed E-state index contributed by atoms with van der Waals surface area (Å²) >= 11 is 0. The molecule has 12 aliphatic carbocycles. The zero-order valence-electron chi connectivity index (χ0n) is 68.2. The van der Waals surface area contributed by atoms with Gasteiger partial charge < -0.3 is 24.8 Å². The SMILES string of the molecule is C#CCN[C@@H](C)C1=CC[C@@]2(C)[C@]3(C)CC=C4CC(O)CC[C@]4(C)[C@@]3(C)CC[C@]12C.CC(CCC[C@@H](C)[C@H]1CC[C@@]2(C)[C@]3(C)CC=C4CC(O)CC[C@]4(C)[C@@]3(C)CC[C@]12C)N(C)c1ccc([N+](=O)[O-])c2nonc12.C[C@@]12CC=C3CC(O)CC[C@]3(C)[C@@]1(C)CC[C@]1(C)C(n3cnc4ccccc43)=CC[C@@]21C. The Morgan fingerprint density at radius 2 is 1.08 bits per heavy atom. The van der Waals surface area contributed by atoms with E-state index in [0.29, 0.717) is 29.4 Å². The van der Waals surface area contributed by atoms with Crippen LogP contribution in [0.25, 0.3) is 27.8 Å². The number of imidazole rings is 1. The third kappa shape index (κ3) is 10.1. The van der Waals surface area contributed by atoms with Crippen LogP contribution in [0.15, 0.2) is 100 Å². The van der Waals surface area contributed by atoms with Gasteiger partial charge in [0.2, 0.25) is 5.52 Å². The van der Waals surface area contributed by atoms with Crippen LogP contribution in [0.1, 0.15) is 285 Å². The van der Waals surface area contributed by atoms with Crippen LogP contribution in [0.2, 0.25) is 0 Å². The third-order valence-corrected chi connectivity index (χ3v) is 38.4. The summed E-state index contributed by atoms with van der Waals surface area (Å²) in [5.74, 6) is 4.13. The maximum atomic E-state index is 11.4. The molecule has 2 heterocycles. The van der Waals surface area contributed by atoms with Gasteiger partial charge in [0.05, 0.1) is 46.5 Å². The van der Waals surface area contributed by atoms with Gasteiger partial charge in [-0.15, -0.1) is 6.42 Å². The Bertz CT molecular complexity index is 4290. The van der Waals surface area contributed by atoms with Crippen molar-refractivity contribution < 1.29 is 24.9 Å². The Balaban J connectivity index is 0.000000136. The van der Waals surface area contributed by atoms with E-state index in [1.807, 2.05) is 13.4 Å². The van der Waals surface area contributed by atoms with Gasteiger partial charge in [-0.1, -0.05) is 194 Å². The van der Waals surface area contributed by atoms with Gasteiger partial charge in [-0.25, -0.2) is 9.61 Å². The molecule has 0 saturated heterocycles. The van der Waals surface area contributed by atoms with E-state index < -0.39 is 4.92 Å². The van der Waals surface area contributed by atoms with E-state index in [-0.39, 0.29) is 111 Å². The number of hydrogen-bond donors (Lipinski definition) is 4. The number of nitro benzene ring substituents is 1. The Hall–Kier alpha value is -5.39. The molecule has 2 aromatic carbocycles. The molecule has 572 valence electrons. The van der Waals surface area contributed by atoms with Crippen molar-refractivity contribution in [3.63, 3.8) is 0 Å². The maximum absolute atomic E-state index is 11.4. The minimum absolute atomic E-state index is 0.0786. The average Bonchev–Trinajstić information content (AvgIpc) is 1.65. The zero-order chi connectivity index (χ0) is 75.7. The molecule has 4 aromatic rings. The van der Waals surface area contributed by atoms with Crippen molar-refractivity contribution in [2.24, 2.45) is 93.1 Å². The van der Waals surface area contributed by atoms with E-state index in [1.165, 1.54) is 80.6 Å². The molecule has 0 bridgehead atoms. The van der Waals surface area contributed by atoms with Gasteiger partial charge in [-0.05, 0) is 278 Å². The fourth-order valence-electron chi connectivity index (χ4n) is 29.0. The molecule has 0 amide bonds. The fraction of sp³-hybridized carbons (Fsp3) is 0.728. The largest absolute Gasteiger partial charge is 0.393 e. The van der Waals surface area contributed by atoms with Crippen molar-refractivity contribution in [3.05, 3.63) is 106 Å². The monoisotopic (exact) mass is 1430 g/mol. The number of terminal acetylenes is 1. The highest BCUT2D eigenvalue weighted by molar-refractivity contribution is 5.94. The number of nitrogens with zero attached hydrogens (tertiary/aromatic N) is 6. The number of nitro groups is 1. The van der Waals surface area contributed by atoms with E-state index in [0.717, 1.165) is 120 Å². The second kappa shape index (κ2) is 25.6. The molecule has 105 heavy (non-hydrogen) atoms. The van der Waals surface area contributed by atoms with Crippen molar-refractivity contribution in [1.29, 1.82) is 0 Å². The fourth-order valence-corrected chi connectivity index (χ4v) is 29.0. The molecule has 0 spiro atoms. The van der Waals surface area contributed by atoms with Crippen molar-refractivity contribution in [3.8, 4) is 12.3 Å². The molecule has 2 aromatic heterocycles. The van der Waals surface area contributed by atoms with E-state index >= 15 is 0 Å². The Labute approximate surface area is 630 Å². The highest BCUT2D eigenvalue weighted by atomic mass is 16.6. The van der Waals surface area contributed by atoms with Crippen LogP contribution in [-0.4, -0.2) is 84.1 Å². The van der Waals surface area contributed by atoms with Crippen LogP contribution in [0.5, 0.6) is 0 Å². The van der Waals surface area contributed by atoms with Crippen molar-refractivity contribution >= 4 is 39.1 Å². The lowest BCUT2D eigenvalue weighted by atomic mass is 9.31. The number of aliphatic hydroxyl groups is 3. The minimum Gasteiger partial charge on any atom is -0.393 e. The first-order valence-corrected chi connectivity index (χ1v) is 41.5. The topological polar surface area (TPSA) is 176 Å². The number of benzene rings is 2. The molecule has 4 N–H and O–H groups in total.